The van der Waals surface area contributed by atoms with Gasteiger partial charge in [-0.25, -0.2) is 9.97 Å². The van der Waals surface area contributed by atoms with Crippen LogP contribution in [0.3, 0.4) is 0 Å². The molecule has 2 aromatic heterocycles. The summed E-state index contributed by atoms with van der Waals surface area (Å²) < 4.78 is 0. The maximum atomic E-state index is 5.78. The van der Waals surface area contributed by atoms with E-state index >= 15 is 0 Å². The highest BCUT2D eigenvalue weighted by Crippen LogP contribution is 2.35. The zero-order valence-corrected chi connectivity index (χ0v) is 22.4. The average molecular weight is 502 g/mol. The number of aromatic nitrogens is 2. The second-order valence-corrected chi connectivity index (χ2v) is 10.8. The number of aryl methyl sites for hydroxylation is 3. The minimum atomic E-state index is 0.740. The van der Waals surface area contributed by atoms with Crippen LogP contribution >= 0.6 is 23.6 Å². The lowest BCUT2D eigenvalue weighted by atomic mass is 10.1. The third-order valence-corrected chi connectivity index (χ3v) is 8.43. The van der Waals surface area contributed by atoms with E-state index in [4.69, 9.17) is 22.2 Å². The Kier molecular flexibility index (Phi) is 6.71. The largest absolute Gasteiger partial charge is 0.352 e. The summed E-state index contributed by atoms with van der Waals surface area (Å²) in [7, 11) is 0. The predicted octanol–water partition coefficient (Wildman–Crippen LogP) is 6.03. The Labute approximate surface area is 216 Å². The first kappa shape index (κ1) is 23.7. The van der Waals surface area contributed by atoms with Crippen LogP contribution in [0, 0.1) is 27.7 Å². The first-order valence-corrected chi connectivity index (χ1v) is 13.3. The molecular formula is C28H31N5S2. The number of piperazine rings is 1. The first-order valence-electron chi connectivity index (χ1n) is 12.1. The van der Waals surface area contributed by atoms with Gasteiger partial charge in [-0.3, -0.25) is 0 Å². The summed E-state index contributed by atoms with van der Waals surface area (Å²) in [6.07, 6.45) is 0.740. The van der Waals surface area contributed by atoms with Crippen LogP contribution in [0.15, 0.2) is 48.5 Å². The Balaban J connectivity index is 1.36. The molecule has 0 saturated carbocycles. The van der Waals surface area contributed by atoms with Gasteiger partial charge in [0.25, 0.3) is 0 Å². The molecule has 1 N–H and O–H groups in total. The van der Waals surface area contributed by atoms with Crippen molar-refractivity contribution in [2.75, 3.05) is 36.4 Å². The van der Waals surface area contributed by atoms with Crippen molar-refractivity contribution in [1.82, 2.24) is 14.9 Å². The summed E-state index contributed by atoms with van der Waals surface area (Å²) in [5.41, 5.74) is 6.12. The molecule has 0 aliphatic carbocycles. The van der Waals surface area contributed by atoms with Crippen molar-refractivity contribution in [3.05, 3.63) is 81.5 Å². The van der Waals surface area contributed by atoms with Crippen molar-refractivity contribution < 1.29 is 0 Å². The molecule has 0 radical (unpaired) electrons. The van der Waals surface area contributed by atoms with E-state index in [-0.39, 0.29) is 0 Å². The molecule has 35 heavy (non-hydrogen) atoms. The zero-order chi connectivity index (χ0) is 24.5. The quantitative estimate of drug-likeness (QED) is 0.344. The molecule has 0 atom stereocenters. The topological polar surface area (TPSA) is 44.3 Å². The second-order valence-electron chi connectivity index (χ2n) is 9.24. The van der Waals surface area contributed by atoms with E-state index in [0.29, 0.717) is 0 Å². The number of thiocarbonyl (C=S) groups is 1. The van der Waals surface area contributed by atoms with Crippen LogP contribution in [0.2, 0.25) is 0 Å². The van der Waals surface area contributed by atoms with Gasteiger partial charge in [-0.1, -0.05) is 42.5 Å². The zero-order valence-electron chi connectivity index (χ0n) is 20.8. The summed E-state index contributed by atoms with van der Waals surface area (Å²) in [5, 5.41) is 5.46. The van der Waals surface area contributed by atoms with E-state index in [0.717, 1.165) is 59.9 Å². The Morgan fingerprint density at radius 3 is 2.40 bits per heavy atom. The number of fused-ring (bicyclic) bond motifs is 1. The maximum absolute atomic E-state index is 5.78. The standard InChI is InChI=1S/C28H31N5S2/c1-18-9-8-12-23(19(18)2)29-28(34)33-15-13-32(14-16-33)26-25-20(3)21(4)35-27(25)31-24(30-26)17-22-10-6-5-7-11-22/h5-12H,13-17H2,1-4H3,(H,29,34). The lowest BCUT2D eigenvalue weighted by Gasteiger charge is -2.37. The molecule has 0 amide bonds. The number of hydrogen-bond acceptors (Lipinski definition) is 5. The minimum absolute atomic E-state index is 0.740. The molecule has 1 aliphatic rings. The van der Waals surface area contributed by atoms with E-state index in [1.54, 1.807) is 11.3 Å². The van der Waals surface area contributed by atoms with Crippen LogP contribution in [0.5, 0.6) is 0 Å². The van der Waals surface area contributed by atoms with Gasteiger partial charge in [-0.2, -0.15) is 0 Å². The van der Waals surface area contributed by atoms with Crippen LogP contribution < -0.4 is 10.2 Å². The van der Waals surface area contributed by atoms with Crippen LogP contribution in [0.1, 0.15) is 33.0 Å². The molecule has 4 aromatic rings. The normalized spacial score (nSPS) is 13.9. The van der Waals surface area contributed by atoms with Crippen molar-refractivity contribution in [2.24, 2.45) is 0 Å². The fourth-order valence-electron chi connectivity index (χ4n) is 4.56. The molecule has 2 aromatic carbocycles. The molecular weight excluding hydrogens is 470 g/mol. The van der Waals surface area contributed by atoms with Gasteiger partial charge in [0.15, 0.2) is 5.11 Å². The Morgan fingerprint density at radius 1 is 0.914 bits per heavy atom. The van der Waals surface area contributed by atoms with E-state index in [2.05, 4.69) is 85.3 Å². The number of anilines is 2. The fourth-order valence-corrected chi connectivity index (χ4v) is 5.90. The van der Waals surface area contributed by atoms with Gasteiger partial charge < -0.3 is 15.1 Å². The number of nitrogens with one attached hydrogen (secondary N) is 1. The third-order valence-electron chi connectivity index (χ3n) is 6.97. The second kappa shape index (κ2) is 9.91. The number of thiophene rings is 1. The van der Waals surface area contributed by atoms with Crippen LogP contribution in [-0.2, 0) is 6.42 Å². The van der Waals surface area contributed by atoms with E-state index in [1.807, 2.05) is 6.07 Å². The summed E-state index contributed by atoms with van der Waals surface area (Å²) in [5.74, 6) is 1.95. The first-order chi connectivity index (χ1) is 16.9. The molecule has 7 heteroatoms. The molecule has 180 valence electrons. The summed E-state index contributed by atoms with van der Waals surface area (Å²) in [6.45, 7) is 12.1. The van der Waals surface area contributed by atoms with Crippen molar-refractivity contribution >= 4 is 50.4 Å². The Bertz CT molecular complexity index is 1370. The van der Waals surface area contributed by atoms with Gasteiger partial charge in [0.05, 0.1) is 5.39 Å². The molecule has 5 nitrogen and oxygen atoms in total. The molecule has 0 unspecified atom stereocenters. The highest BCUT2D eigenvalue weighted by molar-refractivity contribution is 7.80. The number of hydrogen-bond donors (Lipinski definition) is 1. The highest BCUT2D eigenvalue weighted by Gasteiger charge is 2.24. The molecule has 1 fully saturated rings. The lowest BCUT2D eigenvalue weighted by Crippen LogP contribution is -2.50. The monoisotopic (exact) mass is 501 g/mol. The lowest BCUT2D eigenvalue weighted by molar-refractivity contribution is 0.390. The fraction of sp³-hybridized carbons (Fsp3) is 0.321. The Morgan fingerprint density at radius 2 is 1.66 bits per heavy atom. The molecule has 1 saturated heterocycles. The van der Waals surface area contributed by atoms with E-state index < -0.39 is 0 Å². The third kappa shape index (κ3) is 4.88. The van der Waals surface area contributed by atoms with Crippen molar-refractivity contribution in [3.63, 3.8) is 0 Å². The predicted molar refractivity (Wildman–Crippen MR) is 152 cm³/mol. The minimum Gasteiger partial charge on any atom is -0.352 e. The molecule has 1 aliphatic heterocycles. The summed E-state index contributed by atoms with van der Waals surface area (Å²) in [4.78, 5) is 17.1. The van der Waals surface area contributed by atoms with Crippen LogP contribution in [-0.4, -0.2) is 46.2 Å². The molecule has 0 bridgehead atoms. The van der Waals surface area contributed by atoms with Gasteiger partial charge >= 0.3 is 0 Å². The van der Waals surface area contributed by atoms with Crippen LogP contribution in [0.25, 0.3) is 10.2 Å². The maximum Gasteiger partial charge on any atom is 0.173 e. The van der Waals surface area contributed by atoms with Gasteiger partial charge in [0.2, 0.25) is 0 Å². The number of rotatable bonds is 4. The van der Waals surface area contributed by atoms with E-state index in [9.17, 15) is 0 Å². The van der Waals surface area contributed by atoms with Gasteiger partial charge in [-0.15, -0.1) is 11.3 Å². The van der Waals surface area contributed by atoms with Crippen LogP contribution in [0.4, 0.5) is 11.5 Å². The SMILES string of the molecule is Cc1cccc(NC(=S)N2CCN(c3nc(Cc4ccccc4)nc4sc(C)c(C)c34)CC2)c1C. The molecule has 5 rings (SSSR count). The molecule has 0 spiro atoms. The van der Waals surface area contributed by atoms with Gasteiger partial charge in [0, 0.05) is 43.2 Å². The number of benzene rings is 2. The smallest absolute Gasteiger partial charge is 0.173 e. The van der Waals surface area contributed by atoms with Crippen molar-refractivity contribution in [3.8, 4) is 0 Å². The highest BCUT2D eigenvalue weighted by atomic mass is 32.1. The summed E-state index contributed by atoms with van der Waals surface area (Å²) in [6, 6.07) is 16.8. The number of nitrogens with zero attached hydrogens (tertiary/aromatic N) is 4. The van der Waals surface area contributed by atoms with E-state index in [1.165, 1.54) is 32.5 Å². The van der Waals surface area contributed by atoms with Crippen molar-refractivity contribution in [1.29, 1.82) is 0 Å². The molecule has 3 heterocycles. The average Bonchev–Trinajstić information content (AvgIpc) is 3.15. The van der Waals surface area contributed by atoms with Crippen molar-refractivity contribution in [2.45, 2.75) is 34.1 Å². The van der Waals surface area contributed by atoms with Gasteiger partial charge in [0.1, 0.15) is 16.5 Å². The summed E-state index contributed by atoms with van der Waals surface area (Å²) >= 11 is 7.55. The Hall–Kier alpha value is -3.03. The van der Waals surface area contributed by atoms with Gasteiger partial charge in [-0.05, 0) is 68.2 Å².